The van der Waals surface area contributed by atoms with Gasteiger partial charge in [0.25, 0.3) is 0 Å². The molecule has 1 heterocycles. The number of hydrogen-bond acceptors (Lipinski definition) is 3. The SMILES string of the molecule is CC(=O)Nc1ccc(S(=O)(=O)NCC2CC[NH+](CC3CCCCC3)CC2)cc1. The summed E-state index contributed by atoms with van der Waals surface area (Å²) >= 11 is 0. The van der Waals surface area contributed by atoms with E-state index in [-0.39, 0.29) is 10.8 Å². The highest BCUT2D eigenvalue weighted by Crippen LogP contribution is 2.22. The molecule has 1 aliphatic carbocycles. The fraction of sp³-hybridized carbons (Fsp3) is 0.667. The Labute approximate surface area is 169 Å². The van der Waals surface area contributed by atoms with Crippen molar-refractivity contribution in [3.63, 3.8) is 0 Å². The van der Waals surface area contributed by atoms with Gasteiger partial charge in [-0.2, -0.15) is 0 Å². The lowest BCUT2D eigenvalue weighted by molar-refractivity contribution is -0.909. The van der Waals surface area contributed by atoms with Crippen LogP contribution in [-0.4, -0.2) is 40.5 Å². The van der Waals surface area contributed by atoms with E-state index in [1.54, 1.807) is 17.0 Å². The minimum absolute atomic E-state index is 0.175. The van der Waals surface area contributed by atoms with Crippen LogP contribution in [0, 0.1) is 11.8 Å². The molecule has 0 radical (unpaired) electrons. The average molecular weight is 409 g/mol. The van der Waals surface area contributed by atoms with Gasteiger partial charge in [-0.3, -0.25) is 4.79 Å². The first-order chi connectivity index (χ1) is 13.4. The first-order valence-electron chi connectivity index (χ1n) is 10.6. The molecule has 7 heteroatoms. The highest BCUT2D eigenvalue weighted by Gasteiger charge is 2.26. The molecule has 1 aromatic rings. The fourth-order valence-electron chi connectivity index (χ4n) is 4.53. The van der Waals surface area contributed by atoms with Crippen molar-refractivity contribution in [1.82, 2.24) is 4.72 Å². The summed E-state index contributed by atoms with van der Waals surface area (Å²) in [5.41, 5.74) is 0.597. The fourth-order valence-corrected chi connectivity index (χ4v) is 5.64. The predicted molar refractivity (Wildman–Crippen MR) is 111 cm³/mol. The van der Waals surface area contributed by atoms with E-state index in [4.69, 9.17) is 0 Å². The summed E-state index contributed by atoms with van der Waals surface area (Å²) in [5, 5.41) is 2.64. The Morgan fingerprint density at radius 3 is 2.25 bits per heavy atom. The number of piperidine rings is 1. The number of rotatable bonds is 7. The zero-order valence-electron chi connectivity index (χ0n) is 16.9. The number of nitrogens with one attached hydrogen (secondary N) is 3. The maximum atomic E-state index is 12.5. The summed E-state index contributed by atoms with van der Waals surface area (Å²) in [4.78, 5) is 13.0. The number of hydrogen-bond donors (Lipinski definition) is 3. The number of carbonyl (C=O) groups is 1. The van der Waals surface area contributed by atoms with Crippen LogP contribution in [0.4, 0.5) is 5.69 Å². The van der Waals surface area contributed by atoms with Gasteiger partial charge in [0, 0.05) is 37.9 Å². The number of likely N-dealkylation sites (tertiary alicyclic amines) is 1. The van der Waals surface area contributed by atoms with E-state index in [1.807, 2.05) is 0 Å². The third-order valence-corrected chi connectivity index (χ3v) is 7.60. The molecule has 2 fully saturated rings. The largest absolute Gasteiger partial charge is 0.335 e. The van der Waals surface area contributed by atoms with Crippen molar-refractivity contribution in [3.8, 4) is 0 Å². The quantitative estimate of drug-likeness (QED) is 0.644. The van der Waals surface area contributed by atoms with Crippen molar-refractivity contribution >= 4 is 21.6 Å². The normalized spacial score (nSPS) is 24.0. The minimum Gasteiger partial charge on any atom is -0.335 e. The van der Waals surface area contributed by atoms with E-state index in [0.717, 1.165) is 31.8 Å². The summed E-state index contributed by atoms with van der Waals surface area (Å²) in [6, 6.07) is 6.29. The van der Waals surface area contributed by atoms with E-state index >= 15 is 0 Å². The van der Waals surface area contributed by atoms with Gasteiger partial charge in [-0.05, 0) is 43.0 Å². The summed E-state index contributed by atoms with van der Waals surface area (Å²) in [5.74, 6) is 1.15. The Kier molecular flexibility index (Phi) is 7.48. The molecule has 1 saturated carbocycles. The lowest BCUT2D eigenvalue weighted by Crippen LogP contribution is -3.13. The van der Waals surface area contributed by atoms with Gasteiger partial charge in [0.1, 0.15) is 0 Å². The van der Waals surface area contributed by atoms with Crippen molar-refractivity contribution in [1.29, 1.82) is 0 Å². The van der Waals surface area contributed by atoms with Gasteiger partial charge in [-0.1, -0.05) is 19.3 Å². The van der Waals surface area contributed by atoms with Crippen molar-refractivity contribution in [2.24, 2.45) is 11.8 Å². The zero-order chi connectivity index (χ0) is 20.0. The molecule has 0 spiro atoms. The topological polar surface area (TPSA) is 79.7 Å². The minimum atomic E-state index is -3.51. The van der Waals surface area contributed by atoms with Crippen LogP contribution in [0.3, 0.4) is 0 Å². The van der Waals surface area contributed by atoms with Crippen LogP contribution in [0.2, 0.25) is 0 Å². The van der Waals surface area contributed by atoms with Gasteiger partial charge in [0.2, 0.25) is 15.9 Å². The maximum absolute atomic E-state index is 12.5. The molecule has 0 bridgehead atoms. The van der Waals surface area contributed by atoms with Gasteiger partial charge in [-0.15, -0.1) is 0 Å². The second-order valence-corrected chi connectivity index (χ2v) is 10.2. The molecule has 1 aliphatic heterocycles. The van der Waals surface area contributed by atoms with E-state index in [1.165, 1.54) is 57.7 Å². The Hall–Kier alpha value is -1.44. The smallest absolute Gasteiger partial charge is 0.240 e. The predicted octanol–water partition coefficient (Wildman–Crippen LogP) is 1.80. The van der Waals surface area contributed by atoms with E-state index < -0.39 is 10.0 Å². The molecule has 1 amide bonds. The van der Waals surface area contributed by atoms with Crippen LogP contribution in [0.15, 0.2) is 29.2 Å². The van der Waals surface area contributed by atoms with Gasteiger partial charge in [0.15, 0.2) is 0 Å². The first kappa shape index (κ1) is 21.3. The van der Waals surface area contributed by atoms with Crippen molar-refractivity contribution in [2.75, 3.05) is 31.5 Å². The van der Waals surface area contributed by atoms with Crippen LogP contribution < -0.4 is 14.9 Å². The summed E-state index contributed by atoms with van der Waals surface area (Å²) < 4.78 is 27.8. The highest BCUT2D eigenvalue weighted by molar-refractivity contribution is 7.89. The average Bonchev–Trinajstić information content (AvgIpc) is 2.68. The Balaban J connectivity index is 1.43. The van der Waals surface area contributed by atoms with E-state index in [9.17, 15) is 13.2 Å². The Morgan fingerprint density at radius 2 is 1.64 bits per heavy atom. The Morgan fingerprint density at radius 1 is 1.00 bits per heavy atom. The lowest BCUT2D eigenvalue weighted by Gasteiger charge is -2.32. The van der Waals surface area contributed by atoms with Gasteiger partial charge < -0.3 is 10.2 Å². The molecule has 156 valence electrons. The summed E-state index contributed by atoms with van der Waals surface area (Å²) in [6.07, 6.45) is 9.17. The lowest BCUT2D eigenvalue weighted by atomic mass is 9.88. The molecule has 0 unspecified atom stereocenters. The molecule has 0 aromatic heterocycles. The van der Waals surface area contributed by atoms with E-state index in [2.05, 4.69) is 10.0 Å². The first-order valence-corrected chi connectivity index (χ1v) is 12.1. The molecule has 28 heavy (non-hydrogen) atoms. The monoisotopic (exact) mass is 408 g/mol. The summed E-state index contributed by atoms with van der Waals surface area (Å²) in [6.45, 7) is 5.56. The molecule has 1 saturated heterocycles. The van der Waals surface area contributed by atoms with Crippen LogP contribution >= 0.6 is 0 Å². The molecule has 1 aromatic carbocycles. The highest BCUT2D eigenvalue weighted by atomic mass is 32.2. The van der Waals surface area contributed by atoms with Crippen LogP contribution in [0.25, 0.3) is 0 Å². The number of anilines is 1. The van der Waals surface area contributed by atoms with E-state index in [0.29, 0.717) is 18.2 Å². The number of sulfonamides is 1. The molecule has 3 N–H and O–H groups in total. The molecule has 3 rings (SSSR count). The van der Waals surface area contributed by atoms with Crippen molar-refractivity contribution in [2.45, 2.75) is 56.8 Å². The van der Waals surface area contributed by atoms with Crippen molar-refractivity contribution in [3.05, 3.63) is 24.3 Å². The Bertz CT molecular complexity index is 735. The maximum Gasteiger partial charge on any atom is 0.240 e. The van der Waals surface area contributed by atoms with Crippen LogP contribution in [0.1, 0.15) is 51.9 Å². The number of benzene rings is 1. The number of quaternary nitrogens is 1. The molecular formula is C21H34N3O3S+. The zero-order valence-corrected chi connectivity index (χ0v) is 17.7. The number of carbonyl (C=O) groups excluding carboxylic acids is 1. The molecule has 6 nitrogen and oxygen atoms in total. The molecule has 0 atom stereocenters. The van der Waals surface area contributed by atoms with Crippen LogP contribution in [-0.2, 0) is 14.8 Å². The standard InChI is InChI=1S/C21H33N3O3S/c1-17(25)23-20-7-9-21(10-8-20)28(26,27)22-15-18-11-13-24(14-12-18)16-19-5-3-2-4-6-19/h7-10,18-19,22H,2-6,11-16H2,1H3,(H,23,25)/p+1. The van der Waals surface area contributed by atoms with Crippen LogP contribution in [0.5, 0.6) is 0 Å². The third-order valence-electron chi connectivity index (χ3n) is 6.16. The number of amides is 1. The van der Waals surface area contributed by atoms with Gasteiger partial charge >= 0.3 is 0 Å². The molecular weight excluding hydrogens is 374 g/mol. The molecule has 2 aliphatic rings. The van der Waals surface area contributed by atoms with Gasteiger partial charge in [-0.25, -0.2) is 13.1 Å². The van der Waals surface area contributed by atoms with Crippen molar-refractivity contribution < 1.29 is 18.1 Å². The second kappa shape index (κ2) is 9.85. The second-order valence-electron chi connectivity index (χ2n) is 8.46. The third kappa shape index (κ3) is 6.29. The summed E-state index contributed by atoms with van der Waals surface area (Å²) in [7, 11) is -3.51. The van der Waals surface area contributed by atoms with Gasteiger partial charge in [0.05, 0.1) is 24.5 Å².